The molecule has 4 N–H and O–H groups in total. The van der Waals surface area contributed by atoms with Gasteiger partial charge in [-0.15, -0.1) is 0 Å². The zero-order chi connectivity index (χ0) is 13.4. The lowest BCUT2D eigenvalue weighted by Crippen LogP contribution is -2.36. The standard InChI is InChI=1S/C12H19ClN4O/c1-9-4-5-10(13)8-11(9)16-12(17-14)15-6-3-7-18-2/h4-5,8H,3,6-7,14H2,1-2H3,(H2,15,16,17). The van der Waals surface area contributed by atoms with Crippen molar-refractivity contribution in [1.82, 2.24) is 5.43 Å². The van der Waals surface area contributed by atoms with Crippen LogP contribution in [0.15, 0.2) is 23.2 Å². The molecular formula is C12H19ClN4O. The van der Waals surface area contributed by atoms with E-state index >= 15 is 0 Å². The van der Waals surface area contributed by atoms with Crippen LogP contribution < -0.4 is 16.6 Å². The Labute approximate surface area is 112 Å². The smallest absolute Gasteiger partial charge is 0.210 e. The number of benzene rings is 1. The molecule has 1 aromatic rings. The number of guanidine groups is 1. The van der Waals surface area contributed by atoms with Gasteiger partial charge in [0.15, 0.2) is 0 Å². The van der Waals surface area contributed by atoms with Gasteiger partial charge in [0.25, 0.3) is 0 Å². The highest BCUT2D eigenvalue weighted by Crippen LogP contribution is 2.19. The average Bonchev–Trinajstić information content (AvgIpc) is 2.37. The highest BCUT2D eigenvalue weighted by atomic mass is 35.5. The number of methoxy groups -OCH3 is 1. The van der Waals surface area contributed by atoms with E-state index < -0.39 is 0 Å². The van der Waals surface area contributed by atoms with Crippen LogP contribution >= 0.6 is 11.6 Å². The molecule has 0 aromatic heterocycles. The van der Waals surface area contributed by atoms with Crippen molar-refractivity contribution in [3.8, 4) is 0 Å². The van der Waals surface area contributed by atoms with Crippen LogP contribution in [-0.2, 0) is 4.74 Å². The van der Waals surface area contributed by atoms with Crippen molar-refractivity contribution >= 4 is 23.2 Å². The Morgan fingerprint density at radius 1 is 1.50 bits per heavy atom. The van der Waals surface area contributed by atoms with E-state index in [2.05, 4.69) is 15.7 Å². The number of hydrogen-bond acceptors (Lipinski definition) is 3. The zero-order valence-corrected chi connectivity index (χ0v) is 11.4. The van der Waals surface area contributed by atoms with Crippen LogP contribution in [0.4, 0.5) is 5.69 Å². The largest absolute Gasteiger partial charge is 0.385 e. The first-order chi connectivity index (χ1) is 8.67. The number of ether oxygens (including phenoxy) is 1. The maximum atomic E-state index is 5.94. The number of aryl methyl sites for hydroxylation is 1. The van der Waals surface area contributed by atoms with Crippen LogP contribution in [0.25, 0.3) is 0 Å². The zero-order valence-electron chi connectivity index (χ0n) is 10.7. The minimum Gasteiger partial charge on any atom is -0.385 e. The number of aliphatic imine (C=N–C) groups is 1. The summed E-state index contributed by atoms with van der Waals surface area (Å²) < 4.78 is 4.95. The molecule has 0 spiro atoms. The van der Waals surface area contributed by atoms with E-state index in [-0.39, 0.29) is 0 Å². The van der Waals surface area contributed by atoms with E-state index in [1.54, 1.807) is 7.11 Å². The van der Waals surface area contributed by atoms with Crippen molar-refractivity contribution in [2.75, 3.05) is 25.6 Å². The van der Waals surface area contributed by atoms with Crippen LogP contribution in [0.5, 0.6) is 0 Å². The van der Waals surface area contributed by atoms with E-state index in [9.17, 15) is 0 Å². The van der Waals surface area contributed by atoms with Crippen molar-refractivity contribution in [2.24, 2.45) is 10.8 Å². The fourth-order valence-electron chi connectivity index (χ4n) is 1.38. The van der Waals surface area contributed by atoms with E-state index in [0.29, 0.717) is 24.1 Å². The van der Waals surface area contributed by atoms with E-state index in [4.69, 9.17) is 22.2 Å². The van der Waals surface area contributed by atoms with Crippen molar-refractivity contribution in [3.63, 3.8) is 0 Å². The second-order valence-electron chi connectivity index (χ2n) is 3.81. The molecule has 0 heterocycles. The maximum absolute atomic E-state index is 5.94. The first-order valence-electron chi connectivity index (χ1n) is 5.70. The summed E-state index contributed by atoms with van der Waals surface area (Å²) in [5.41, 5.74) is 4.48. The lowest BCUT2D eigenvalue weighted by Gasteiger charge is -2.11. The molecule has 1 rings (SSSR count). The lowest BCUT2D eigenvalue weighted by molar-refractivity contribution is 0.197. The Bertz CT molecular complexity index is 409. The molecular weight excluding hydrogens is 252 g/mol. The maximum Gasteiger partial charge on any atom is 0.210 e. The Morgan fingerprint density at radius 3 is 2.94 bits per heavy atom. The van der Waals surface area contributed by atoms with Gasteiger partial charge >= 0.3 is 0 Å². The van der Waals surface area contributed by atoms with Gasteiger partial charge in [0.05, 0.1) is 0 Å². The van der Waals surface area contributed by atoms with Gasteiger partial charge in [-0.2, -0.15) is 0 Å². The predicted octanol–water partition coefficient (Wildman–Crippen LogP) is 1.92. The minimum absolute atomic E-state index is 0.511. The summed E-state index contributed by atoms with van der Waals surface area (Å²) in [6, 6.07) is 5.61. The molecule has 0 aliphatic rings. The molecule has 0 unspecified atom stereocenters. The van der Waals surface area contributed by atoms with Crippen LogP contribution in [-0.4, -0.2) is 26.2 Å². The topological polar surface area (TPSA) is 71.7 Å². The fraction of sp³-hybridized carbons (Fsp3) is 0.417. The van der Waals surface area contributed by atoms with Crippen LogP contribution in [0, 0.1) is 6.92 Å². The summed E-state index contributed by atoms with van der Waals surface area (Å²) in [7, 11) is 1.67. The Morgan fingerprint density at radius 2 is 2.28 bits per heavy atom. The van der Waals surface area contributed by atoms with Gasteiger partial charge in [-0.3, -0.25) is 10.4 Å². The van der Waals surface area contributed by atoms with Gasteiger partial charge in [-0.1, -0.05) is 17.7 Å². The summed E-state index contributed by atoms with van der Waals surface area (Å²) in [4.78, 5) is 4.29. The Hall–Kier alpha value is -1.30. The lowest BCUT2D eigenvalue weighted by atomic mass is 10.2. The van der Waals surface area contributed by atoms with Gasteiger partial charge < -0.3 is 10.1 Å². The monoisotopic (exact) mass is 270 g/mol. The second kappa shape index (κ2) is 7.92. The average molecular weight is 271 g/mol. The Balaban J connectivity index is 2.64. The third-order valence-electron chi connectivity index (χ3n) is 2.37. The van der Waals surface area contributed by atoms with E-state index in [1.807, 2.05) is 25.1 Å². The quantitative estimate of drug-likeness (QED) is 0.251. The summed E-state index contributed by atoms with van der Waals surface area (Å²) in [5.74, 6) is 5.93. The molecule has 0 aliphatic carbocycles. The van der Waals surface area contributed by atoms with Gasteiger partial charge in [0.1, 0.15) is 0 Å². The number of nitrogens with one attached hydrogen (secondary N) is 2. The number of nitrogens with two attached hydrogens (primary N) is 1. The number of halogens is 1. The van der Waals surface area contributed by atoms with Crippen molar-refractivity contribution < 1.29 is 4.74 Å². The molecule has 5 nitrogen and oxygen atoms in total. The summed E-state index contributed by atoms with van der Waals surface area (Å²) in [5, 5.41) is 3.77. The molecule has 18 heavy (non-hydrogen) atoms. The van der Waals surface area contributed by atoms with Crippen LogP contribution in [0.3, 0.4) is 0 Å². The van der Waals surface area contributed by atoms with Gasteiger partial charge in [-0.25, -0.2) is 5.84 Å². The minimum atomic E-state index is 0.511. The molecule has 0 saturated heterocycles. The van der Waals surface area contributed by atoms with Gasteiger partial charge in [0.2, 0.25) is 5.96 Å². The number of nitrogens with zero attached hydrogens (tertiary/aromatic N) is 1. The molecule has 6 heteroatoms. The molecule has 1 aromatic carbocycles. The first kappa shape index (κ1) is 14.8. The fourth-order valence-corrected chi connectivity index (χ4v) is 1.55. The highest BCUT2D eigenvalue weighted by Gasteiger charge is 2.02. The molecule has 100 valence electrons. The highest BCUT2D eigenvalue weighted by molar-refractivity contribution is 6.31. The normalized spacial score (nSPS) is 11.4. The van der Waals surface area contributed by atoms with Crippen molar-refractivity contribution in [3.05, 3.63) is 28.8 Å². The summed E-state index contributed by atoms with van der Waals surface area (Å²) in [6.45, 7) is 3.30. The predicted molar refractivity (Wildman–Crippen MR) is 75.9 cm³/mol. The molecule has 0 saturated carbocycles. The van der Waals surface area contributed by atoms with Crippen molar-refractivity contribution in [2.45, 2.75) is 13.3 Å². The first-order valence-corrected chi connectivity index (χ1v) is 6.08. The third-order valence-corrected chi connectivity index (χ3v) is 2.60. The Kier molecular flexibility index (Phi) is 6.49. The number of hydrazine groups is 1. The third kappa shape index (κ3) is 4.91. The number of anilines is 1. The molecule has 0 fully saturated rings. The van der Waals surface area contributed by atoms with E-state index in [1.165, 1.54) is 0 Å². The van der Waals surface area contributed by atoms with Crippen LogP contribution in [0.2, 0.25) is 5.02 Å². The molecule has 0 amide bonds. The molecule has 0 bridgehead atoms. The molecule has 0 atom stereocenters. The van der Waals surface area contributed by atoms with Gasteiger partial charge in [-0.05, 0) is 31.0 Å². The van der Waals surface area contributed by atoms with E-state index in [0.717, 1.165) is 17.7 Å². The van der Waals surface area contributed by atoms with Crippen molar-refractivity contribution in [1.29, 1.82) is 0 Å². The summed E-state index contributed by atoms with van der Waals surface area (Å²) in [6.07, 6.45) is 0.845. The van der Waals surface area contributed by atoms with Crippen LogP contribution in [0.1, 0.15) is 12.0 Å². The SMILES string of the molecule is COCCCN=C(NN)Nc1cc(Cl)ccc1C. The second-order valence-corrected chi connectivity index (χ2v) is 4.24. The summed E-state index contributed by atoms with van der Waals surface area (Å²) >= 11 is 5.94. The van der Waals surface area contributed by atoms with Gasteiger partial charge in [0, 0.05) is 31.0 Å². The number of hydrogen-bond donors (Lipinski definition) is 3. The molecule has 0 aliphatic heterocycles. The molecule has 0 radical (unpaired) electrons. The number of rotatable bonds is 5.